The molecule has 0 aliphatic rings. The second kappa shape index (κ2) is 4.55. The smallest absolute Gasteiger partial charge is 0.268 e. The van der Waals surface area contributed by atoms with Gasteiger partial charge in [-0.2, -0.15) is 0 Å². The molecule has 1 unspecified atom stereocenters. The maximum absolute atomic E-state index is 12.0. The van der Waals surface area contributed by atoms with E-state index in [9.17, 15) is 4.79 Å². The summed E-state index contributed by atoms with van der Waals surface area (Å²) in [5, 5.41) is 1.22. The van der Waals surface area contributed by atoms with E-state index in [4.69, 9.17) is 4.84 Å². The van der Waals surface area contributed by atoms with Crippen LogP contribution >= 0.6 is 0 Å². The van der Waals surface area contributed by atoms with Crippen molar-refractivity contribution >= 4 is 16.9 Å². The molecule has 0 saturated heterocycles. The predicted molar refractivity (Wildman–Crippen MR) is 64.2 cm³/mol. The summed E-state index contributed by atoms with van der Waals surface area (Å²) in [5.74, 6) is -0.115. The van der Waals surface area contributed by atoms with Crippen molar-refractivity contribution in [3.8, 4) is 0 Å². The number of amides is 1. The Bertz CT molecular complexity index is 535. The summed E-state index contributed by atoms with van der Waals surface area (Å²) in [6.45, 7) is 1.83. The zero-order chi connectivity index (χ0) is 12.4. The molecule has 90 valence electrons. The van der Waals surface area contributed by atoms with Crippen LogP contribution in [-0.4, -0.2) is 34.7 Å². The summed E-state index contributed by atoms with van der Waals surface area (Å²) in [6.07, 6.45) is 1.68. The summed E-state index contributed by atoms with van der Waals surface area (Å²) in [7, 11) is 3.06. The molecule has 1 aromatic heterocycles. The van der Waals surface area contributed by atoms with E-state index in [2.05, 4.69) is 4.98 Å². The van der Waals surface area contributed by atoms with Gasteiger partial charge in [0.05, 0.1) is 24.5 Å². The molecule has 0 spiro atoms. The molecule has 17 heavy (non-hydrogen) atoms. The SMILES string of the molecule is CON(C)C(=O)C(C)n1cnc2ccccc21. The number of hydrogen-bond acceptors (Lipinski definition) is 3. The first kappa shape index (κ1) is 11.6. The number of nitrogens with zero attached hydrogens (tertiary/aromatic N) is 3. The van der Waals surface area contributed by atoms with E-state index < -0.39 is 0 Å². The number of para-hydroxylation sites is 2. The summed E-state index contributed by atoms with van der Waals surface area (Å²) >= 11 is 0. The van der Waals surface area contributed by atoms with E-state index in [1.54, 1.807) is 13.4 Å². The summed E-state index contributed by atoms with van der Waals surface area (Å²) in [5.41, 5.74) is 1.82. The number of carbonyl (C=O) groups is 1. The van der Waals surface area contributed by atoms with Crippen molar-refractivity contribution in [2.75, 3.05) is 14.2 Å². The Morgan fingerprint density at radius 2 is 2.18 bits per heavy atom. The molecule has 1 aromatic carbocycles. The number of rotatable bonds is 3. The molecule has 0 N–H and O–H groups in total. The van der Waals surface area contributed by atoms with Gasteiger partial charge in [0, 0.05) is 7.05 Å². The second-order valence-corrected chi connectivity index (χ2v) is 3.83. The van der Waals surface area contributed by atoms with Gasteiger partial charge in [0.25, 0.3) is 5.91 Å². The first-order chi connectivity index (χ1) is 8.15. The molecule has 0 fully saturated rings. The minimum Gasteiger partial charge on any atom is -0.318 e. The predicted octanol–water partition coefficient (Wildman–Crippen LogP) is 1.62. The Morgan fingerprint density at radius 3 is 2.88 bits per heavy atom. The van der Waals surface area contributed by atoms with Crippen LogP contribution in [0.2, 0.25) is 0 Å². The normalized spacial score (nSPS) is 12.6. The fraction of sp³-hybridized carbons (Fsp3) is 0.333. The average Bonchev–Trinajstić information content (AvgIpc) is 2.79. The molecule has 0 aliphatic carbocycles. The monoisotopic (exact) mass is 233 g/mol. The van der Waals surface area contributed by atoms with E-state index in [0.717, 1.165) is 11.0 Å². The quantitative estimate of drug-likeness (QED) is 0.757. The number of imidazole rings is 1. The standard InChI is InChI=1S/C12H15N3O2/c1-9(12(16)14(2)17-3)15-8-13-10-6-4-5-7-11(10)15/h4-9H,1-3H3. The molecule has 5 nitrogen and oxygen atoms in total. The fourth-order valence-electron chi connectivity index (χ4n) is 1.76. The van der Waals surface area contributed by atoms with Crippen LogP contribution in [0.5, 0.6) is 0 Å². The maximum Gasteiger partial charge on any atom is 0.268 e. The Kier molecular flexibility index (Phi) is 3.10. The molecule has 0 aliphatic heterocycles. The van der Waals surface area contributed by atoms with Gasteiger partial charge in [-0.15, -0.1) is 0 Å². The second-order valence-electron chi connectivity index (χ2n) is 3.83. The van der Waals surface area contributed by atoms with Crippen LogP contribution < -0.4 is 0 Å². The van der Waals surface area contributed by atoms with E-state index >= 15 is 0 Å². The van der Waals surface area contributed by atoms with Crippen LogP contribution in [0.3, 0.4) is 0 Å². The molecule has 1 amide bonds. The third kappa shape index (κ3) is 2.01. The minimum absolute atomic E-state index is 0.115. The van der Waals surface area contributed by atoms with E-state index in [0.29, 0.717) is 0 Å². The van der Waals surface area contributed by atoms with Crippen LogP contribution in [0.25, 0.3) is 11.0 Å². The number of aromatic nitrogens is 2. The highest BCUT2D eigenvalue weighted by atomic mass is 16.7. The largest absolute Gasteiger partial charge is 0.318 e. The molecule has 1 atom stereocenters. The highest BCUT2D eigenvalue weighted by molar-refractivity contribution is 5.82. The first-order valence-corrected chi connectivity index (χ1v) is 5.38. The van der Waals surface area contributed by atoms with E-state index in [1.807, 2.05) is 35.8 Å². The molecule has 2 rings (SSSR count). The van der Waals surface area contributed by atoms with Crippen LogP contribution in [0, 0.1) is 0 Å². The lowest BCUT2D eigenvalue weighted by molar-refractivity contribution is -0.171. The zero-order valence-electron chi connectivity index (χ0n) is 10.1. The number of likely N-dealkylation sites (N-methyl/N-ethyl adjacent to an activating group) is 1. The lowest BCUT2D eigenvalue weighted by Crippen LogP contribution is -2.32. The lowest BCUT2D eigenvalue weighted by atomic mass is 10.2. The number of hydroxylamine groups is 2. The van der Waals surface area contributed by atoms with Gasteiger partial charge >= 0.3 is 0 Å². The molecule has 1 heterocycles. The van der Waals surface area contributed by atoms with Crippen molar-refractivity contribution in [2.24, 2.45) is 0 Å². The van der Waals surface area contributed by atoms with Crippen molar-refractivity contribution < 1.29 is 9.63 Å². The maximum atomic E-state index is 12.0. The van der Waals surface area contributed by atoms with Gasteiger partial charge in [-0.25, -0.2) is 10.0 Å². The van der Waals surface area contributed by atoms with Crippen LogP contribution in [0.1, 0.15) is 13.0 Å². The molecule has 0 radical (unpaired) electrons. The van der Waals surface area contributed by atoms with Gasteiger partial charge in [0.2, 0.25) is 0 Å². The molecule has 0 bridgehead atoms. The van der Waals surface area contributed by atoms with Crippen LogP contribution in [-0.2, 0) is 9.63 Å². The van der Waals surface area contributed by atoms with Crippen molar-refractivity contribution in [1.29, 1.82) is 0 Å². The van der Waals surface area contributed by atoms with E-state index in [1.165, 1.54) is 12.2 Å². The highest BCUT2D eigenvalue weighted by Gasteiger charge is 2.20. The van der Waals surface area contributed by atoms with Crippen molar-refractivity contribution in [3.63, 3.8) is 0 Å². The molecule has 2 aromatic rings. The third-order valence-electron chi connectivity index (χ3n) is 2.84. The van der Waals surface area contributed by atoms with Gasteiger partial charge in [0.1, 0.15) is 6.04 Å². The highest BCUT2D eigenvalue weighted by Crippen LogP contribution is 2.18. The van der Waals surface area contributed by atoms with Gasteiger partial charge in [-0.05, 0) is 19.1 Å². The molecular formula is C12H15N3O2. The topological polar surface area (TPSA) is 47.4 Å². The van der Waals surface area contributed by atoms with Crippen LogP contribution in [0.15, 0.2) is 30.6 Å². The molecular weight excluding hydrogens is 218 g/mol. The number of benzene rings is 1. The molecule has 5 heteroatoms. The average molecular weight is 233 g/mol. The molecule has 0 saturated carbocycles. The van der Waals surface area contributed by atoms with E-state index in [-0.39, 0.29) is 11.9 Å². The summed E-state index contributed by atoms with van der Waals surface area (Å²) < 4.78 is 1.84. The first-order valence-electron chi connectivity index (χ1n) is 5.38. The van der Waals surface area contributed by atoms with Gasteiger partial charge in [-0.1, -0.05) is 12.1 Å². The van der Waals surface area contributed by atoms with Crippen molar-refractivity contribution in [1.82, 2.24) is 14.6 Å². The summed E-state index contributed by atoms with van der Waals surface area (Å²) in [4.78, 5) is 21.1. The van der Waals surface area contributed by atoms with Crippen molar-refractivity contribution in [3.05, 3.63) is 30.6 Å². The van der Waals surface area contributed by atoms with Gasteiger partial charge < -0.3 is 4.57 Å². The minimum atomic E-state index is -0.340. The van der Waals surface area contributed by atoms with Gasteiger partial charge in [-0.3, -0.25) is 9.63 Å². The van der Waals surface area contributed by atoms with Crippen molar-refractivity contribution in [2.45, 2.75) is 13.0 Å². The Hall–Kier alpha value is -1.88. The third-order valence-corrected chi connectivity index (χ3v) is 2.84. The number of fused-ring (bicyclic) bond motifs is 1. The Labute approximate surface area is 99.6 Å². The van der Waals surface area contributed by atoms with Crippen LogP contribution in [0.4, 0.5) is 0 Å². The fourth-order valence-corrected chi connectivity index (χ4v) is 1.76. The van der Waals surface area contributed by atoms with Gasteiger partial charge in [0.15, 0.2) is 0 Å². The Balaban J connectivity index is 2.37. The Morgan fingerprint density at radius 1 is 1.47 bits per heavy atom. The zero-order valence-corrected chi connectivity index (χ0v) is 10.1. The lowest BCUT2D eigenvalue weighted by Gasteiger charge is -2.20. The summed E-state index contributed by atoms with van der Waals surface area (Å²) in [6, 6.07) is 7.38. The number of hydrogen-bond donors (Lipinski definition) is 0. The number of carbonyl (C=O) groups excluding carboxylic acids is 1.